The first-order valence-electron chi connectivity index (χ1n) is 10.7. The maximum absolute atomic E-state index is 13.3. The zero-order valence-electron chi connectivity index (χ0n) is 17.4. The van der Waals surface area contributed by atoms with Crippen molar-refractivity contribution in [3.63, 3.8) is 0 Å². The molecule has 2 aromatic heterocycles. The van der Waals surface area contributed by atoms with E-state index in [9.17, 15) is 4.79 Å². The number of pyridine rings is 1. The lowest BCUT2D eigenvalue weighted by molar-refractivity contribution is 0.0917. The maximum atomic E-state index is 13.3. The number of aromatic nitrogens is 3. The van der Waals surface area contributed by atoms with Gasteiger partial charge in [0.1, 0.15) is 0 Å². The molecule has 2 aliphatic carbocycles. The molecule has 0 unspecified atom stereocenters. The first-order valence-corrected chi connectivity index (χ1v) is 11.1. The highest BCUT2D eigenvalue weighted by Gasteiger charge is 2.42. The van der Waals surface area contributed by atoms with Crippen LogP contribution in [0.5, 0.6) is 0 Å². The Kier molecular flexibility index (Phi) is 5.38. The summed E-state index contributed by atoms with van der Waals surface area (Å²) < 4.78 is 1.92. The predicted molar refractivity (Wildman–Crippen MR) is 113 cm³/mol. The van der Waals surface area contributed by atoms with Crippen molar-refractivity contribution in [3.05, 3.63) is 22.0 Å². The standard InChI is InChI=1S/C22H31ClN4O/c1-5-6-9-27-21-18(13(3)26-27)19(20(23)14(4)24-21)22(28)25-12(2)17-11-15-7-8-16(17)10-15/h12,15-17H,5-11H2,1-4H3,(H,25,28)/t12-,15-,16-,17+/m1/s1. The number of rotatable bonds is 6. The molecule has 152 valence electrons. The first kappa shape index (κ1) is 19.7. The monoisotopic (exact) mass is 402 g/mol. The third-order valence-electron chi connectivity index (χ3n) is 6.91. The van der Waals surface area contributed by atoms with Crippen molar-refractivity contribution in [2.75, 3.05) is 0 Å². The Labute approximate surface area is 172 Å². The van der Waals surface area contributed by atoms with E-state index in [-0.39, 0.29) is 11.9 Å². The number of hydrogen-bond acceptors (Lipinski definition) is 3. The number of nitrogens with zero attached hydrogens (tertiary/aromatic N) is 3. The summed E-state index contributed by atoms with van der Waals surface area (Å²) in [6, 6.07) is 0.165. The maximum Gasteiger partial charge on any atom is 0.253 e. The van der Waals surface area contributed by atoms with Gasteiger partial charge in [-0.3, -0.25) is 4.79 Å². The number of carbonyl (C=O) groups excluding carboxylic acids is 1. The topological polar surface area (TPSA) is 59.8 Å². The fourth-order valence-electron chi connectivity index (χ4n) is 5.44. The van der Waals surface area contributed by atoms with Crippen LogP contribution in [0.1, 0.15) is 74.1 Å². The van der Waals surface area contributed by atoms with E-state index in [0.717, 1.165) is 47.9 Å². The average molecular weight is 403 g/mol. The van der Waals surface area contributed by atoms with Gasteiger partial charge in [0.15, 0.2) is 5.65 Å². The van der Waals surface area contributed by atoms with Gasteiger partial charge in [0.25, 0.3) is 5.91 Å². The van der Waals surface area contributed by atoms with E-state index < -0.39 is 0 Å². The zero-order valence-corrected chi connectivity index (χ0v) is 18.1. The summed E-state index contributed by atoms with van der Waals surface area (Å²) in [5, 5.41) is 9.17. The Bertz CT molecular complexity index is 906. The summed E-state index contributed by atoms with van der Waals surface area (Å²) in [5.41, 5.74) is 2.81. The lowest BCUT2D eigenvalue weighted by Crippen LogP contribution is -2.40. The number of carbonyl (C=O) groups is 1. The summed E-state index contributed by atoms with van der Waals surface area (Å²) in [4.78, 5) is 18.0. The van der Waals surface area contributed by atoms with Crippen LogP contribution in [-0.4, -0.2) is 26.7 Å². The van der Waals surface area contributed by atoms with Gasteiger partial charge in [0, 0.05) is 12.6 Å². The van der Waals surface area contributed by atoms with Crippen LogP contribution in [0.3, 0.4) is 0 Å². The summed E-state index contributed by atoms with van der Waals surface area (Å²) in [6.07, 6.45) is 7.39. The first-order chi connectivity index (χ1) is 13.4. The quantitative estimate of drug-likeness (QED) is 0.734. The molecular formula is C22H31ClN4O. The molecule has 2 aliphatic rings. The van der Waals surface area contributed by atoms with E-state index in [1.807, 2.05) is 18.5 Å². The number of nitrogens with one attached hydrogen (secondary N) is 1. The van der Waals surface area contributed by atoms with E-state index in [4.69, 9.17) is 11.6 Å². The molecule has 5 nitrogen and oxygen atoms in total. The van der Waals surface area contributed by atoms with E-state index in [1.165, 1.54) is 25.7 Å². The molecule has 2 saturated carbocycles. The highest BCUT2D eigenvalue weighted by molar-refractivity contribution is 6.36. The Morgan fingerprint density at radius 2 is 2.07 bits per heavy atom. The molecule has 2 fully saturated rings. The van der Waals surface area contributed by atoms with Crippen molar-refractivity contribution in [3.8, 4) is 0 Å². The molecule has 1 N–H and O–H groups in total. The number of halogens is 1. The molecule has 0 spiro atoms. The number of unbranched alkanes of at least 4 members (excludes halogenated alkanes) is 1. The van der Waals surface area contributed by atoms with Crippen LogP contribution < -0.4 is 5.32 Å². The molecule has 1 amide bonds. The Morgan fingerprint density at radius 3 is 2.71 bits per heavy atom. The molecular weight excluding hydrogens is 372 g/mol. The highest BCUT2D eigenvalue weighted by Crippen LogP contribution is 2.49. The van der Waals surface area contributed by atoms with Crippen molar-refractivity contribution in [2.45, 2.75) is 78.8 Å². The van der Waals surface area contributed by atoms with E-state index >= 15 is 0 Å². The van der Waals surface area contributed by atoms with Crippen LogP contribution >= 0.6 is 11.6 Å². The van der Waals surface area contributed by atoms with Gasteiger partial charge in [0.2, 0.25) is 0 Å². The van der Waals surface area contributed by atoms with Gasteiger partial charge in [-0.25, -0.2) is 9.67 Å². The van der Waals surface area contributed by atoms with E-state index in [2.05, 4.69) is 29.2 Å². The third kappa shape index (κ3) is 3.32. The molecule has 6 heteroatoms. The summed E-state index contributed by atoms with van der Waals surface area (Å²) in [6.45, 7) is 8.92. The van der Waals surface area contributed by atoms with Gasteiger partial charge in [-0.05, 0) is 64.2 Å². The van der Waals surface area contributed by atoms with Gasteiger partial charge in [-0.2, -0.15) is 5.10 Å². The summed E-state index contributed by atoms with van der Waals surface area (Å²) >= 11 is 6.60. The smallest absolute Gasteiger partial charge is 0.253 e. The lowest BCUT2D eigenvalue weighted by Gasteiger charge is -2.28. The number of hydrogen-bond donors (Lipinski definition) is 1. The minimum absolute atomic E-state index is 0.0890. The molecule has 28 heavy (non-hydrogen) atoms. The lowest BCUT2D eigenvalue weighted by atomic mass is 9.84. The molecule has 2 heterocycles. The molecule has 0 aliphatic heterocycles. The van der Waals surface area contributed by atoms with Crippen LogP contribution in [-0.2, 0) is 6.54 Å². The van der Waals surface area contributed by atoms with Crippen molar-refractivity contribution < 1.29 is 4.79 Å². The van der Waals surface area contributed by atoms with Crippen LogP contribution in [0.2, 0.25) is 5.02 Å². The molecule has 4 rings (SSSR count). The Morgan fingerprint density at radius 1 is 1.29 bits per heavy atom. The zero-order chi connectivity index (χ0) is 20.0. The van der Waals surface area contributed by atoms with Crippen molar-refractivity contribution in [1.29, 1.82) is 0 Å². The van der Waals surface area contributed by atoms with Crippen molar-refractivity contribution in [1.82, 2.24) is 20.1 Å². The third-order valence-corrected chi connectivity index (χ3v) is 7.37. The van der Waals surface area contributed by atoms with Gasteiger partial charge in [-0.1, -0.05) is 31.4 Å². The summed E-state index contributed by atoms with van der Waals surface area (Å²) in [7, 11) is 0. The SMILES string of the molecule is CCCCn1nc(C)c2c(C(=O)N[C@H](C)[C@@H]3C[C@@H]4CC[C@@H]3C4)c(Cl)c(C)nc21. The second-order valence-corrected chi connectivity index (χ2v) is 9.23. The second kappa shape index (κ2) is 7.66. The van der Waals surface area contributed by atoms with E-state index in [0.29, 0.717) is 22.2 Å². The second-order valence-electron chi connectivity index (χ2n) is 8.85. The van der Waals surface area contributed by atoms with Crippen LogP contribution in [0, 0.1) is 31.6 Å². The minimum Gasteiger partial charge on any atom is -0.349 e. The fourth-order valence-corrected chi connectivity index (χ4v) is 5.67. The molecule has 4 atom stereocenters. The highest BCUT2D eigenvalue weighted by atomic mass is 35.5. The van der Waals surface area contributed by atoms with Crippen molar-refractivity contribution in [2.24, 2.45) is 17.8 Å². The number of fused-ring (bicyclic) bond motifs is 3. The Balaban J connectivity index is 1.66. The Hall–Kier alpha value is -1.62. The predicted octanol–water partition coefficient (Wildman–Crippen LogP) is 5.06. The van der Waals surface area contributed by atoms with Gasteiger partial charge < -0.3 is 5.32 Å². The molecule has 0 saturated heterocycles. The molecule has 0 radical (unpaired) electrons. The average Bonchev–Trinajstić information content (AvgIpc) is 3.36. The van der Waals surface area contributed by atoms with Gasteiger partial charge in [-0.15, -0.1) is 0 Å². The van der Waals surface area contributed by atoms with Crippen LogP contribution in [0.4, 0.5) is 0 Å². The largest absolute Gasteiger partial charge is 0.349 e. The number of amides is 1. The normalized spacial score (nSPS) is 24.8. The molecule has 2 bridgehead atoms. The van der Waals surface area contributed by atoms with Gasteiger partial charge in [0.05, 0.1) is 27.4 Å². The summed E-state index contributed by atoms with van der Waals surface area (Å²) in [5.74, 6) is 2.14. The number of aryl methyl sites for hydroxylation is 3. The molecule has 2 aromatic rings. The van der Waals surface area contributed by atoms with Crippen LogP contribution in [0.15, 0.2) is 0 Å². The fraction of sp³-hybridized carbons (Fsp3) is 0.682. The van der Waals surface area contributed by atoms with Crippen molar-refractivity contribution >= 4 is 28.5 Å². The van der Waals surface area contributed by atoms with E-state index in [1.54, 1.807) is 0 Å². The van der Waals surface area contributed by atoms with Gasteiger partial charge >= 0.3 is 0 Å². The minimum atomic E-state index is -0.0890. The van der Waals surface area contributed by atoms with Crippen LogP contribution in [0.25, 0.3) is 11.0 Å². The molecule has 0 aromatic carbocycles.